The Morgan fingerprint density at radius 2 is 2.38 bits per heavy atom. The second kappa shape index (κ2) is 7.41. The molecular formula is C12H22N2O2. The van der Waals surface area contributed by atoms with Gasteiger partial charge >= 0.3 is 0 Å². The molecule has 1 heterocycles. The van der Waals surface area contributed by atoms with E-state index in [1.54, 1.807) is 19.0 Å². The molecule has 1 rings (SSSR count). The van der Waals surface area contributed by atoms with E-state index in [1.807, 2.05) is 0 Å². The van der Waals surface area contributed by atoms with Gasteiger partial charge in [0.15, 0.2) is 0 Å². The lowest BCUT2D eigenvalue weighted by Crippen LogP contribution is -2.25. The molecule has 0 saturated carbocycles. The average Bonchev–Trinajstić information content (AvgIpc) is 2.29. The summed E-state index contributed by atoms with van der Waals surface area (Å²) in [6.45, 7) is 3.37. The molecule has 0 saturated heterocycles. The van der Waals surface area contributed by atoms with Crippen molar-refractivity contribution in [2.24, 2.45) is 0 Å². The summed E-state index contributed by atoms with van der Waals surface area (Å²) < 4.78 is 5.34. The second-order valence-electron chi connectivity index (χ2n) is 4.27. The smallest absolute Gasteiger partial charge is 0.222 e. The van der Waals surface area contributed by atoms with Crippen LogP contribution in [0.4, 0.5) is 0 Å². The van der Waals surface area contributed by atoms with Gasteiger partial charge in [-0.1, -0.05) is 6.08 Å². The number of carbonyl (C=O) groups is 1. The molecule has 4 heteroatoms. The van der Waals surface area contributed by atoms with Crippen LogP contribution in [0.3, 0.4) is 0 Å². The first-order valence-corrected chi connectivity index (χ1v) is 5.86. The number of nitrogens with one attached hydrogen (secondary N) is 1. The van der Waals surface area contributed by atoms with Crippen LogP contribution in [0.1, 0.15) is 19.3 Å². The Kier molecular flexibility index (Phi) is 6.11. The molecule has 0 aliphatic carbocycles. The first-order chi connectivity index (χ1) is 7.70. The third kappa shape index (κ3) is 5.28. The van der Waals surface area contributed by atoms with Crippen LogP contribution in [0.25, 0.3) is 0 Å². The zero-order valence-corrected chi connectivity index (χ0v) is 10.3. The second-order valence-corrected chi connectivity index (χ2v) is 4.27. The van der Waals surface area contributed by atoms with Gasteiger partial charge in [0.05, 0.1) is 13.2 Å². The summed E-state index contributed by atoms with van der Waals surface area (Å²) in [5, 5.41) is 3.33. The molecule has 0 fully saturated rings. The highest BCUT2D eigenvalue weighted by molar-refractivity contribution is 5.75. The fourth-order valence-corrected chi connectivity index (χ4v) is 1.57. The van der Waals surface area contributed by atoms with Crippen molar-refractivity contribution in [1.29, 1.82) is 0 Å². The summed E-state index contributed by atoms with van der Waals surface area (Å²) in [4.78, 5) is 12.9. The van der Waals surface area contributed by atoms with Crippen LogP contribution >= 0.6 is 0 Å². The van der Waals surface area contributed by atoms with Gasteiger partial charge in [0.25, 0.3) is 0 Å². The molecule has 0 unspecified atom stereocenters. The van der Waals surface area contributed by atoms with Gasteiger partial charge in [-0.3, -0.25) is 4.79 Å². The van der Waals surface area contributed by atoms with Crippen LogP contribution in [-0.2, 0) is 9.53 Å². The van der Waals surface area contributed by atoms with Crippen LogP contribution in [0.15, 0.2) is 11.6 Å². The summed E-state index contributed by atoms with van der Waals surface area (Å²) in [6, 6.07) is 0. The van der Waals surface area contributed by atoms with Crippen molar-refractivity contribution in [2.75, 3.05) is 40.4 Å². The molecule has 0 aromatic rings. The van der Waals surface area contributed by atoms with Crippen LogP contribution < -0.4 is 5.32 Å². The number of hydrogen-bond acceptors (Lipinski definition) is 3. The summed E-state index contributed by atoms with van der Waals surface area (Å²) in [6.07, 6.45) is 4.78. The Labute approximate surface area is 97.6 Å². The zero-order valence-electron chi connectivity index (χ0n) is 10.3. The van der Waals surface area contributed by atoms with E-state index in [2.05, 4.69) is 11.4 Å². The van der Waals surface area contributed by atoms with Gasteiger partial charge in [0, 0.05) is 27.1 Å². The molecular weight excluding hydrogens is 204 g/mol. The Hall–Kier alpha value is -0.870. The van der Waals surface area contributed by atoms with Crippen molar-refractivity contribution in [3.8, 4) is 0 Å². The number of hydrogen-bond donors (Lipinski definition) is 1. The van der Waals surface area contributed by atoms with Crippen LogP contribution in [0.2, 0.25) is 0 Å². The van der Waals surface area contributed by atoms with Gasteiger partial charge < -0.3 is 15.0 Å². The number of carbonyl (C=O) groups excluding carboxylic acids is 1. The molecule has 0 aromatic carbocycles. The largest absolute Gasteiger partial charge is 0.377 e. The van der Waals surface area contributed by atoms with Gasteiger partial charge in [-0.05, 0) is 25.0 Å². The van der Waals surface area contributed by atoms with Crippen molar-refractivity contribution in [3.05, 3.63) is 11.6 Å². The fourth-order valence-electron chi connectivity index (χ4n) is 1.57. The van der Waals surface area contributed by atoms with E-state index in [4.69, 9.17) is 4.74 Å². The van der Waals surface area contributed by atoms with Gasteiger partial charge in [0.2, 0.25) is 5.91 Å². The van der Waals surface area contributed by atoms with Crippen molar-refractivity contribution >= 4 is 5.91 Å². The normalized spacial score (nSPS) is 15.8. The summed E-state index contributed by atoms with van der Waals surface area (Å²) in [5.74, 6) is 0.196. The van der Waals surface area contributed by atoms with E-state index < -0.39 is 0 Å². The number of ether oxygens (including phenoxy) is 1. The molecule has 16 heavy (non-hydrogen) atoms. The predicted molar refractivity (Wildman–Crippen MR) is 64.3 cm³/mol. The lowest BCUT2D eigenvalue weighted by atomic mass is 10.2. The molecule has 1 aliphatic heterocycles. The number of amides is 1. The van der Waals surface area contributed by atoms with E-state index in [0.29, 0.717) is 6.42 Å². The number of rotatable bonds is 6. The van der Waals surface area contributed by atoms with Gasteiger partial charge in [-0.25, -0.2) is 0 Å². The Morgan fingerprint density at radius 3 is 3.00 bits per heavy atom. The van der Waals surface area contributed by atoms with E-state index >= 15 is 0 Å². The van der Waals surface area contributed by atoms with Crippen molar-refractivity contribution in [2.45, 2.75) is 19.3 Å². The summed E-state index contributed by atoms with van der Waals surface area (Å²) in [7, 11) is 3.58. The first kappa shape index (κ1) is 13.2. The standard InChI is InChI=1S/C12H22N2O2/c1-14(2)12(15)6-3-7-13-9-11-5-4-8-16-10-11/h5,13H,3-4,6-10H2,1-2H3. The molecule has 92 valence electrons. The van der Waals surface area contributed by atoms with Gasteiger partial charge in [-0.2, -0.15) is 0 Å². The minimum absolute atomic E-state index is 0.196. The highest BCUT2D eigenvalue weighted by Gasteiger charge is 2.04. The van der Waals surface area contributed by atoms with E-state index in [0.717, 1.165) is 39.1 Å². The SMILES string of the molecule is CN(C)C(=O)CCCNCC1=CCCOC1. The predicted octanol–water partition coefficient (Wildman–Crippen LogP) is 0.791. The quantitative estimate of drug-likeness (QED) is 0.538. The Morgan fingerprint density at radius 1 is 1.56 bits per heavy atom. The van der Waals surface area contributed by atoms with Crippen molar-refractivity contribution in [3.63, 3.8) is 0 Å². The third-order valence-corrected chi connectivity index (χ3v) is 2.58. The molecule has 0 spiro atoms. The maximum absolute atomic E-state index is 11.3. The van der Waals surface area contributed by atoms with Gasteiger partial charge in [0.1, 0.15) is 0 Å². The molecule has 0 bridgehead atoms. The highest BCUT2D eigenvalue weighted by Crippen LogP contribution is 2.03. The lowest BCUT2D eigenvalue weighted by molar-refractivity contribution is -0.128. The maximum atomic E-state index is 11.3. The maximum Gasteiger partial charge on any atom is 0.222 e. The van der Waals surface area contributed by atoms with E-state index in [9.17, 15) is 4.79 Å². The minimum atomic E-state index is 0.196. The molecule has 1 aliphatic rings. The number of nitrogens with zero attached hydrogens (tertiary/aromatic N) is 1. The monoisotopic (exact) mass is 226 g/mol. The molecule has 0 aromatic heterocycles. The van der Waals surface area contributed by atoms with Crippen LogP contribution in [0, 0.1) is 0 Å². The lowest BCUT2D eigenvalue weighted by Gasteiger charge is -2.14. The van der Waals surface area contributed by atoms with Crippen molar-refractivity contribution < 1.29 is 9.53 Å². The molecule has 1 amide bonds. The molecule has 1 N–H and O–H groups in total. The van der Waals surface area contributed by atoms with Gasteiger partial charge in [-0.15, -0.1) is 0 Å². The molecule has 0 radical (unpaired) electrons. The minimum Gasteiger partial charge on any atom is -0.377 e. The Balaban J connectivity index is 1.99. The third-order valence-electron chi connectivity index (χ3n) is 2.58. The molecule has 4 nitrogen and oxygen atoms in total. The zero-order chi connectivity index (χ0) is 11.8. The van der Waals surface area contributed by atoms with E-state index in [1.165, 1.54) is 5.57 Å². The van der Waals surface area contributed by atoms with Crippen molar-refractivity contribution in [1.82, 2.24) is 10.2 Å². The molecule has 0 atom stereocenters. The highest BCUT2D eigenvalue weighted by atomic mass is 16.5. The Bertz CT molecular complexity index is 249. The van der Waals surface area contributed by atoms with E-state index in [-0.39, 0.29) is 5.91 Å². The van der Waals surface area contributed by atoms with Crippen LogP contribution in [-0.4, -0.2) is 51.2 Å². The summed E-state index contributed by atoms with van der Waals surface area (Å²) in [5.41, 5.74) is 1.32. The topological polar surface area (TPSA) is 41.6 Å². The van der Waals surface area contributed by atoms with Crippen LogP contribution in [0.5, 0.6) is 0 Å². The average molecular weight is 226 g/mol. The first-order valence-electron chi connectivity index (χ1n) is 5.86. The summed E-state index contributed by atoms with van der Waals surface area (Å²) >= 11 is 0. The fraction of sp³-hybridized carbons (Fsp3) is 0.750.